The molecule has 0 aliphatic carbocycles. The third kappa shape index (κ3) is 4.35. The Kier molecular flexibility index (Phi) is 6.23. The fraction of sp³-hybridized carbons (Fsp3) is 0.429. The molecule has 0 saturated heterocycles. The monoisotopic (exact) mass is 310 g/mol. The normalized spacial score (nSPS) is 12.2. The summed E-state index contributed by atoms with van der Waals surface area (Å²) in [7, 11) is 0. The molecule has 0 spiro atoms. The molecule has 1 atom stereocenters. The average molecular weight is 310 g/mol. The molecule has 0 heterocycles. The molecule has 0 radical (unpaired) electrons. The van der Waals surface area contributed by atoms with Crippen LogP contribution < -0.4 is 10.6 Å². The first kappa shape index (κ1) is 17.6. The van der Waals surface area contributed by atoms with E-state index in [-0.39, 0.29) is 0 Å². The summed E-state index contributed by atoms with van der Waals surface area (Å²) in [5.74, 6) is 0.384. The van der Waals surface area contributed by atoms with Crippen LogP contribution in [-0.4, -0.2) is 19.6 Å². The lowest BCUT2D eigenvalue weighted by atomic mass is 9.88. The van der Waals surface area contributed by atoms with Gasteiger partial charge in [-0.15, -0.1) is 0 Å². The summed E-state index contributed by atoms with van der Waals surface area (Å²) in [6.07, 6.45) is 0.999. The van der Waals surface area contributed by atoms with Gasteiger partial charge in [-0.1, -0.05) is 35.9 Å². The van der Waals surface area contributed by atoms with Crippen molar-refractivity contribution in [2.75, 3.05) is 24.5 Å². The predicted octanol–water partition coefficient (Wildman–Crippen LogP) is 4.43. The predicted molar refractivity (Wildman–Crippen MR) is 101 cm³/mol. The van der Waals surface area contributed by atoms with E-state index in [2.05, 4.69) is 75.1 Å². The minimum atomic E-state index is 0.384. The maximum absolute atomic E-state index is 6.07. The van der Waals surface area contributed by atoms with E-state index >= 15 is 0 Å². The Morgan fingerprint density at radius 3 is 2.13 bits per heavy atom. The molecule has 2 aromatic rings. The van der Waals surface area contributed by atoms with Gasteiger partial charge < -0.3 is 10.6 Å². The zero-order valence-electron chi connectivity index (χ0n) is 15.0. The van der Waals surface area contributed by atoms with E-state index in [1.54, 1.807) is 0 Å². The highest BCUT2D eigenvalue weighted by Gasteiger charge is 2.13. The molecule has 0 aromatic heterocycles. The first-order valence-corrected chi connectivity index (χ1v) is 8.70. The number of hydrogen-bond donors (Lipinski definition) is 1. The second-order valence-electron chi connectivity index (χ2n) is 6.34. The molecule has 23 heavy (non-hydrogen) atoms. The van der Waals surface area contributed by atoms with Crippen molar-refractivity contribution in [3.63, 3.8) is 0 Å². The van der Waals surface area contributed by atoms with Crippen molar-refractivity contribution in [1.29, 1.82) is 0 Å². The van der Waals surface area contributed by atoms with Crippen molar-refractivity contribution in [3.8, 4) is 0 Å². The van der Waals surface area contributed by atoms with Gasteiger partial charge in [0.15, 0.2) is 0 Å². The van der Waals surface area contributed by atoms with Gasteiger partial charge in [0.25, 0.3) is 0 Å². The number of benzene rings is 2. The number of rotatable bonds is 7. The number of nitrogens with two attached hydrogens (primary N) is 1. The van der Waals surface area contributed by atoms with Crippen LogP contribution in [0.3, 0.4) is 0 Å². The van der Waals surface area contributed by atoms with Crippen LogP contribution in [0, 0.1) is 13.8 Å². The zero-order chi connectivity index (χ0) is 16.8. The van der Waals surface area contributed by atoms with Crippen molar-refractivity contribution in [1.82, 2.24) is 0 Å². The average Bonchev–Trinajstić information content (AvgIpc) is 2.55. The smallest absolute Gasteiger partial charge is 0.0366 e. The Balaban J connectivity index is 2.15. The molecule has 0 aliphatic heterocycles. The number of aryl methyl sites for hydroxylation is 2. The second kappa shape index (κ2) is 8.16. The molecule has 2 heteroatoms. The first-order chi connectivity index (χ1) is 11.1. The van der Waals surface area contributed by atoms with Gasteiger partial charge in [0, 0.05) is 24.7 Å². The molecular weight excluding hydrogens is 280 g/mol. The summed E-state index contributed by atoms with van der Waals surface area (Å²) in [6, 6.07) is 15.7. The van der Waals surface area contributed by atoms with Crippen LogP contribution in [0.2, 0.25) is 0 Å². The van der Waals surface area contributed by atoms with Crippen molar-refractivity contribution < 1.29 is 0 Å². The third-order valence-electron chi connectivity index (χ3n) is 4.70. The van der Waals surface area contributed by atoms with Gasteiger partial charge in [-0.2, -0.15) is 0 Å². The molecule has 2 rings (SSSR count). The second-order valence-corrected chi connectivity index (χ2v) is 6.34. The summed E-state index contributed by atoms with van der Waals surface area (Å²) < 4.78 is 0. The summed E-state index contributed by atoms with van der Waals surface area (Å²) in [6.45, 7) is 11.5. The van der Waals surface area contributed by atoms with Crippen LogP contribution >= 0.6 is 0 Å². The van der Waals surface area contributed by atoms with E-state index in [4.69, 9.17) is 5.73 Å². The van der Waals surface area contributed by atoms with Gasteiger partial charge in [0.1, 0.15) is 0 Å². The highest BCUT2D eigenvalue weighted by atomic mass is 15.1. The molecule has 2 N–H and O–H groups in total. The minimum Gasteiger partial charge on any atom is -0.372 e. The van der Waals surface area contributed by atoms with Crippen LogP contribution in [0.25, 0.3) is 0 Å². The van der Waals surface area contributed by atoms with E-state index in [9.17, 15) is 0 Å². The fourth-order valence-corrected chi connectivity index (χ4v) is 3.32. The quantitative estimate of drug-likeness (QED) is 0.819. The molecule has 2 nitrogen and oxygen atoms in total. The summed E-state index contributed by atoms with van der Waals surface area (Å²) in [5, 5.41) is 0. The molecule has 124 valence electrons. The Labute approximate surface area is 141 Å². The van der Waals surface area contributed by atoms with Crippen LogP contribution in [0.5, 0.6) is 0 Å². The molecule has 0 bridgehead atoms. The lowest BCUT2D eigenvalue weighted by molar-refractivity contribution is 0.689. The van der Waals surface area contributed by atoms with Gasteiger partial charge >= 0.3 is 0 Å². The molecule has 0 aliphatic rings. The minimum absolute atomic E-state index is 0.384. The van der Waals surface area contributed by atoms with Crippen LogP contribution in [-0.2, 0) is 6.42 Å². The fourth-order valence-electron chi connectivity index (χ4n) is 3.32. The Bertz CT molecular complexity index is 612. The van der Waals surface area contributed by atoms with Crippen LogP contribution in [0.4, 0.5) is 5.69 Å². The van der Waals surface area contributed by atoms with E-state index in [1.807, 2.05) is 0 Å². The molecule has 0 amide bonds. The number of hydrogen-bond acceptors (Lipinski definition) is 2. The van der Waals surface area contributed by atoms with Gasteiger partial charge in [-0.25, -0.2) is 0 Å². The largest absolute Gasteiger partial charge is 0.372 e. The van der Waals surface area contributed by atoms with Gasteiger partial charge in [0.05, 0.1) is 0 Å². The molecule has 1 unspecified atom stereocenters. The first-order valence-electron chi connectivity index (χ1n) is 8.70. The Morgan fingerprint density at radius 2 is 1.61 bits per heavy atom. The molecule has 0 saturated carbocycles. The van der Waals surface area contributed by atoms with Crippen LogP contribution in [0.15, 0.2) is 42.5 Å². The molecule has 0 fully saturated rings. The van der Waals surface area contributed by atoms with Crippen LogP contribution in [0.1, 0.15) is 42.0 Å². The number of nitrogens with zero attached hydrogens (tertiary/aromatic N) is 1. The highest BCUT2D eigenvalue weighted by molar-refractivity contribution is 5.47. The van der Waals surface area contributed by atoms with Gasteiger partial charge in [-0.3, -0.25) is 0 Å². The Morgan fingerprint density at radius 1 is 0.957 bits per heavy atom. The standard InChI is InChI=1S/C21H30N2/c1-5-23(6-2)20-10-8-18(9-11-20)14-19(15-22)21-12-7-16(3)13-17(21)4/h7-13,19H,5-6,14-15,22H2,1-4H3. The van der Waals surface area contributed by atoms with E-state index in [0.29, 0.717) is 12.5 Å². The Hall–Kier alpha value is -1.80. The van der Waals surface area contributed by atoms with Crippen molar-refractivity contribution in [3.05, 3.63) is 64.7 Å². The zero-order valence-corrected chi connectivity index (χ0v) is 15.0. The summed E-state index contributed by atoms with van der Waals surface area (Å²) in [5.41, 5.74) is 12.8. The maximum Gasteiger partial charge on any atom is 0.0366 e. The SMILES string of the molecule is CCN(CC)c1ccc(CC(CN)c2ccc(C)cc2C)cc1. The van der Waals surface area contributed by atoms with Crippen molar-refractivity contribution >= 4 is 5.69 Å². The summed E-state index contributed by atoms with van der Waals surface area (Å²) >= 11 is 0. The van der Waals surface area contributed by atoms with Gasteiger partial charge in [0.2, 0.25) is 0 Å². The lowest BCUT2D eigenvalue weighted by Gasteiger charge is -2.22. The van der Waals surface area contributed by atoms with E-state index in [1.165, 1.54) is 27.9 Å². The highest BCUT2D eigenvalue weighted by Crippen LogP contribution is 2.25. The molecular formula is C21H30N2. The van der Waals surface area contributed by atoms with Crippen molar-refractivity contribution in [2.24, 2.45) is 5.73 Å². The van der Waals surface area contributed by atoms with E-state index in [0.717, 1.165) is 19.5 Å². The topological polar surface area (TPSA) is 29.3 Å². The number of anilines is 1. The third-order valence-corrected chi connectivity index (χ3v) is 4.70. The van der Waals surface area contributed by atoms with Crippen molar-refractivity contribution in [2.45, 2.75) is 40.0 Å². The maximum atomic E-state index is 6.07. The lowest BCUT2D eigenvalue weighted by Crippen LogP contribution is -2.21. The summed E-state index contributed by atoms with van der Waals surface area (Å²) in [4.78, 5) is 2.37. The molecule has 2 aromatic carbocycles. The van der Waals surface area contributed by atoms with Gasteiger partial charge in [-0.05, 0) is 69.5 Å². The van der Waals surface area contributed by atoms with E-state index < -0.39 is 0 Å².